The van der Waals surface area contributed by atoms with E-state index in [-0.39, 0.29) is 30.7 Å². The lowest BCUT2D eigenvalue weighted by Crippen LogP contribution is -2.47. The van der Waals surface area contributed by atoms with Crippen LogP contribution in [0.25, 0.3) is 10.4 Å². The number of likely N-dealkylation sites (tertiary alicyclic amines) is 1. The molecule has 4 rings (SSSR count). The summed E-state index contributed by atoms with van der Waals surface area (Å²) in [5.74, 6) is -0.652. The summed E-state index contributed by atoms with van der Waals surface area (Å²) in [6.45, 7) is 6.28. The maximum atomic E-state index is 13.3. The quantitative estimate of drug-likeness (QED) is 0.552. The third kappa shape index (κ3) is 4.99. The number of aliphatic hydroxyl groups is 1. The smallest absolute Gasteiger partial charge is 0.243 e. The minimum atomic E-state index is -0.742. The number of aromatic nitrogens is 2. The van der Waals surface area contributed by atoms with Crippen molar-refractivity contribution in [3.05, 3.63) is 59.1 Å². The highest BCUT2D eigenvalue weighted by molar-refractivity contribution is 7.13. The molecule has 8 nitrogen and oxygen atoms in total. The van der Waals surface area contributed by atoms with Gasteiger partial charge >= 0.3 is 0 Å². The van der Waals surface area contributed by atoms with Gasteiger partial charge in [0.2, 0.25) is 11.8 Å². The fourth-order valence-electron chi connectivity index (χ4n) is 4.27. The zero-order valence-electron chi connectivity index (χ0n) is 18.9. The van der Waals surface area contributed by atoms with Gasteiger partial charge in [-0.05, 0) is 24.0 Å². The average molecular weight is 469 g/mol. The van der Waals surface area contributed by atoms with E-state index in [0.717, 1.165) is 21.7 Å². The van der Waals surface area contributed by atoms with E-state index in [9.17, 15) is 14.7 Å². The highest BCUT2D eigenvalue weighted by Gasteiger charge is 2.42. The summed E-state index contributed by atoms with van der Waals surface area (Å²) in [6.07, 6.45) is 0.972. The van der Waals surface area contributed by atoms with Crippen LogP contribution in [0.2, 0.25) is 0 Å². The molecule has 174 valence electrons. The molecule has 1 saturated heterocycles. The highest BCUT2D eigenvalue weighted by atomic mass is 32.1. The van der Waals surface area contributed by atoms with Crippen LogP contribution in [0, 0.1) is 12.8 Å². The van der Waals surface area contributed by atoms with Crippen molar-refractivity contribution in [1.82, 2.24) is 20.4 Å². The summed E-state index contributed by atoms with van der Waals surface area (Å²) in [5, 5.41) is 16.9. The molecule has 2 amide bonds. The lowest BCUT2D eigenvalue weighted by atomic mass is 9.91. The molecule has 1 aromatic carbocycles. The molecule has 2 N–H and O–H groups in total. The van der Waals surface area contributed by atoms with Crippen LogP contribution in [0.4, 0.5) is 0 Å². The van der Waals surface area contributed by atoms with Crippen molar-refractivity contribution in [2.45, 2.75) is 51.8 Å². The number of rotatable bonds is 7. The van der Waals surface area contributed by atoms with E-state index in [1.165, 1.54) is 11.1 Å². The van der Waals surface area contributed by atoms with Crippen molar-refractivity contribution in [1.29, 1.82) is 0 Å². The Labute approximate surface area is 196 Å². The predicted molar refractivity (Wildman–Crippen MR) is 124 cm³/mol. The number of aryl methyl sites for hydroxylation is 1. The van der Waals surface area contributed by atoms with E-state index in [0.29, 0.717) is 12.3 Å². The molecule has 1 aliphatic rings. The Bertz CT molecular complexity index is 1090. The lowest BCUT2D eigenvalue weighted by molar-refractivity contribution is -0.141. The van der Waals surface area contributed by atoms with Crippen molar-refractivity contribution in [2.24, 2.45) is 5.92 Å². The van der Waals surface area contributed by atoms with Gasteiger partial charge in [-0.3, -0.25) is 9.59 Å². The average Bonchev–Trinajstić information content (AvgIpc) is 3.54. The Morgan fingerprint density at radius 1 is 1.27 bits per heavy atom. The number of aliphatic hydroxyl groups excluding tert-OH is 1. The van der Waals surface area contributed by atoms with Gasteiger partial charge in [0, 0.05) is 25.6 Å². The molecule has 0 spiro atoms. The number of amides is 2. The molecule has 2 aromatic heterocycles. The van der Waals surface area contributed by atoms with Gasteiger partial charge < -0.3 is 19.8 Å². The minimum Gasteiger partial charge on any atom is -0.391 e. The van der Waals surface area contributed by atoms with E-state index in [4.69, 9.17) is 4.52 Å². The van der Waals surface area contributed by atoms with E-state index < -0.39 is 18.1 Å². The Kier molecular flexibility index (Phi) is 6.90. The molecular weight excluding hydrogens is 440 g/mol. The van der Waals surface area contributed by atoms with Gasteiger partial charge in [0.05, 0.1) is 28.4 Å². The number of β-amino-alcohol motifs (C(OH)–C–C–N with tert-alkyl or cyclic N) is 1. The van der Waals surface area contributed by atoms with Crippen molar-refractivity contribution in [2.75, 3.05) is 6.54 Å². The highest BCUT2D eigenvalue weighted by Crippen LogP contribution is 2.31. The molecule has 33 heavy (non-hydrogen) atoms. The van der Waals surface area contributed by atoms with Crippen LogP contribution in [-0.2, 0) is 16.1 Å². The second-order valence-electron chi connectivity index (χ2n) is 8.71. The van der Waals surface area contributed by atoms with Gasteiger partial charge in [-0.15, -0.1) is 11.3 Å². The topological polar surface area (TPSA) is 109 Å². The number of hydrogen-bond acceptors (Lipinski definition) is 7. The number of benzene rings is 1. The molecule has 0 saturated carbocycles. The maximum Gasteiger partial charge on any atom is 0.243 e. The molecule has 3 aromatic rings. The van der Waals surface area contributed by atoms with Gasteiger partial charge in [0.15, 0.2) is 0 Å². The molecule has 9 heteroatoms. The normalized spacial score (nSPS) is 19.1. The first-order valence-electron chi connectivity index (χ1n) is 11.0. The number of thiazole rings is 1. The van der Waals surface area contributed by atoms with E-state index in [2.05, 4.69) is 15.5 Å². The zero-order chi connectivity index (χ0) is 23.5. The van der Waals surface area contributed by atoms with E-state index in [1.807, 2.05) is 50.5 Å². The van der Waals surface area contributed by atoms with Crippen LogP contribution < -0.4 is 5.32 Å². The van der Waals surface area contributed by atoms with Crippen LogP contribution in [0.15, 0.2) is 46.6 Å². The second-order valence-corrected chi connectivity index (χ2v) is 9.57. The van der Waals surface area contributed by atoms with Crippen molar-refractivity contribution >= 4 is 23.2 Å². The molecular formula is C24H28N4O4S. The van der Waals surface area contributed by atoms with E-state index >= 15 is 0 Å². The van der Waals surface area contributed by atoms with Crippen LogP contribution in [0.1, 0.15) is 43.2 Å². The number of nitrogens with zero attached hydrogens (tertiary/aromatic N) is 3. The molecule has 0 radical (unpaired) electrons. The molecule has 3 heterocycles. The molecule has 1 aliphatic heterocycles. The molecule has 0 aliphatic carbocycles. The first-order valence-corrected chi connectivity index (χ1v) is 11.9. The Morgan fingerprint density at radius 3 is 2.64 bits per heavy atom. The fraction of sp³-hybridized carbons (Fsp3) is 0.417. The lowest BCUT2D eigenvalue weighted by Gasteiger charge is -2.28. The fourth-order valence-corrected chi connectivity index (χ4v) is 5.08. The Morgan fingerprint density at radius 2 is 2.03 bits per heavy atom. The summed E-state index contributed by atoms with van der Waals surface area (Å²) >= 11 is 1.60. The standard InChI is InChI=1S/C24H28N4O4S/c1-14(2)21(20-8-9-27-32-20)24(31)28-12-18(29)10-19(28)23(30)25-11-16-4-6-17(7-5-16)22-15(3)26-13-33-22/h4-9,13-14,18-19,21,29H,10-12H2,1-3H3,(H,25,30)/t18-,19+,21?/m1/s1. The Hall–Kier alpha value is -3.04. The minimum absolute atomic E-state index is 0.0485. The first kappa shape index (κ1) is 23.1. The first-order chi connectivity index (χ1) is 15.8. The summed E-state index contributed by atoms with van der Waals surface area (Å²) in [6, 6.07) is 8.92. The van der Waals surface area contributed by atoms with Gasteiger partial charge in [-0.1, -0.05) is 43.3 Å². The SMILES string of the molecule is Cc1ncsc1-c1ccc(CNC(=O)[C@@H]2C[C@@H](O)CN2C(=O)C(c2ccno2)C(C)C)cc1. The maximum absolute atomic E-state index is 13.3. The van der Waals surface area contributed by atoms with Crippen molar-refractivity contribution < 1.29 is 19.2 Å². The predicted octanol–water partition coefficient (Wildman–Crippen LogP) is 3.12. The van der Waals surface area contributed by atoms with Gasteiger partial charge in [0.1, 0.15) is 17.7 Å². The van der Waals surface area contributed by atoms with Crippen LogP contribution in [0.3, 0.4) is 0 Å². The third-order valence-corrected chi connectivity index (χ3v) is 6.97. The summed E-state index contributed by atoms with van der Waals surface area (Å²) in [7, 11) is 0. The number of carbonyl (C=O) groups excluding carboxylic acids is 2. The molecule has 1 fully saturated rings. The number of carbonyl (C=O) groups is 2. The molecule has 0 bridgehead atoms. The third-order valence-electron chi connectivity index (χ3n) is 5.99. The van der Waals surface area contributed by atoms with Crippen molar-refractivity contribution in [3.63, 3.8) is 0 Å². The number of nitrogens with one attached hydrogen (secondary N) is 1. The van der Waals surface area contributed by atoms with Crippen LogP contribution in [-0.4, -0.2) is 50.7 Å². The molecule has 1 unspecified atom stereocenters. The van der Waals surface area contributed by atoms with Gasteiger partial charge in [0.25, 0.3) is 0 Å². The largest absolute Gasteiger partial charge is 0.391 e. The molecule has 3 atom stereocenters. The second kappa shape index (κ2) is 9.84. The van der Waals surface area contributed by atoms with Crippen LogP contribution >= 0.6 is 11.3 Å². The van der Waals surface area contributed by atoms with Gasteiger partial charge in [-0.2, -0.15) is 0 Å². The summed E-state index contributed by atoms with van der Waals surface area (Å²) in [5.41, 5.74) is 4.87. The number of hydrogen-bond donors (Lipinski definition) is 2. The summed E-state index contributed by atoms with van der Waals surface area (Å²) < 4.78 is 5.25. The van der Waals surface area contributed by atoms with E-state index in [1.54, 1.807) is 17.4 Å². The van der Waals surface area contributed by atoms with Crippen LogP contribution in [0.5, 0.6) is 0 Å². The monoisotopic (exact) mass is 468 g/mol. The Balaban J connectivity index is 1.42. The van der Waals surface area contributed by atoms with Gasteiger partial charge in [-0.25, -0.2) is 4.98 Å². The zero-order valence-corrected chi connectivity index (χ0v) is 19.7. The van der Waals surface area contributed by atoms with Crippen molar-refractivity contribution in [3.8, 4) is 10.4 Å². The summed E-state index contributed by atoms with van der Waals surface area (Å²) in [4.78, 5) is 33.2.